The van der Waals surface area contributed by atoms with Gasteiger partial charge in [-0.3, -0.25) is 4.90 Å². The number of methoxy groups -OCH3 is 2. The van der Waals surface area contributed by atoms with Crippen molar-refractivity contribution in [1.82, 2.24) is 10.3 Å². The molecule has 2 aromatic rings. The van der Waals surface area contributed by atoms with E-state index in [9.17, 15) is 0 Å². The smallest absolute Gasteiger partial charge is 0.127 e. The number of piperidine rings is 1. The average molecular weight is 351 g/mol. The van der Waals surface area contributed by atoms with Gasteiger partial charge in [0.2, 0.25) is 0 Å². The van der Waals surface area contributed by atoms with Crippen LogP contribution in [0.2, 0.25) is 0 Å². The molecule has 2 heterocycles. The molecule has 4 rings (SSSR count). The number of fused-ring (bicyclic) bond motifs is 1. The summed E-state index contributed by atoms with van der Waals surface area (Å²) in [6.07, 6.45) is 1.01. The van der Waals surface area contributed by atoms with Crippen molar-refractivity contribution >= 4 is 5.71 Å². The van der Waals surface area contributed by atoms with Gasteiger partial charge in [-0.2, -0.15) is 5.10 Å². The van der Waals surface area contributed by atoms with Crippen LogP contribution in [0.25, 0.3) is 0 Å². The van der Waals surface area contributed by atoms with Crippen molar-refractivity contribution in [3.63, 3.8) is 0 Å². The summed E-state index contributed by atoms with van der Waals surface area (Å²) in [6, 6.07) is 16.8. The Labute approximate surface area is 154 Å². The zero-order valence-electron chi connectivity index (χ0n) is 15.3. The molecule has 0 bridgehead atoms. The number of hydrazone groups is 1. The molecular weight excluding hydrogens is 326 g/mol. The summed E-state index contributed by atoms with van der Waals surface area (Å²) in [5.74, 6) is 2.02. The van der Waals surface area contributed by atoms with Crippen LogP contribution in [0, 0.1) is 5.92 Å². The predicted octanol–water partition coefficient (Wildman–Crippen LogP) is 3.23. The Morgan fingerprint density at radius 3 is 2.73 bits per heavy atom. The molecule has 0 saturated carbocycles. The lowest BCUT2D eigenvalue weighted by Gasteiger charge is -2.34. The maximum atomic E-state index is 5.62. The number of nitrogens with zero attached hydrogens (tertiary/aromatic N) is 2. The molecule has 1 N–H and O–H groups in total. The van der Waals surface area contributed by atoms with Gasteiger partial charge in [-0.25, -0.2) is 0 Å². The third-order valence-corrected chi connectivity index (χ3v) is 5.34. The van der Waals surface area contributed by atoms with Crippen LogP contribution in [-0.4, -0.2) is 37.9 Å². The lowest BCUT2D eigenvalue weighted by molar-refractivity contribution is 0.219. The van der Waals surface area contributed by atoms with Gasteiger partial charge in [0.25, 0.3) is 0 Å². The number of nitrogens with one attached hydrogen (secondary N) is 1. The minimum Gasteiger partial charge on any atom is -0.497 e. The Morgan fingerprint density at radius 2 is 1.96 bits per heavy atom. The van der Waals surface area contributed by atoms with Crippen LogP contribution in [0.15, 0.2) is 53.6 Å². The third kappa shape index (κ3) is 3.27. The lowest BCUT2D eigenvalue weighted by atomic mass is 9.86. The van der Waals surface area contributed by atoms with Gasteiger partial charge < -0.3 is 14.9 Å². The van der Waals surface area contributed by atoms with Gasteiger partial charge in [0, 0.05) is 49.3 Å². The number of likely N-dealkylation sites (tertiary alicyclic amines) is 1. The molecule has 2 aromatic carbocycles. The molecule has 0 radical (unpaired) electrons. The molecule has 136 valence electrons. The highest BCUT2D eigenvalue weighted by atomic mass is 16.5. The summed E-state index contributed by atoms with van der Waals surface area (Å²) in [5.41, 5.74) is 7.12. The molecule has 2 aliphatic heterocycles. The highest BCUT2D eigenvalue weighted by Gasteiger charge is 2.38. The van der Waals surface area contributed by atoms with E-state index in [1.165, 1.54) is 11.3 Å². The fourth-order valence-corrected chi connectivity index (χ4v) is 3.96. The Balaban J connectivity index is 1.53. The van der Waals surface area contributed by atoms with Crippen molar-refractivity contribution < 1.29 is 9.47 Å². The highest BCUT2D eigenvalue weighted by Crippen LogP contribution is 2.38. The zero-order chi connectivity index (χ0) is 17.9. The minimum atomic E-state index is 0.143. The standard InChI is InChI=1S/C21H25N3O2/c1-25-16-8-9-17(20(12-16)26-2)21-18-14-24(11-10-19(18)22-23-21)13-15-6-4-3-5-7-15/h3-9,12,18,21,23H,10-11,13-14H2,1-2H3. The van der Waals surface area contributed by atoms with Crippen molar-refractivity contribution in [2.24, 2.45) is 11.0 Å². The number of rotatable bonds is 5. The van der Waals surface area contributed by atoms with Crippen molar-refractivity contribution in [1.29, 1.82) is 0 Å². The molecule has 0 spiro atoms. The first-order valence-corrected chi connectivity index (χ1v) is 9.08. The number of ether oxygens (including phenoxy) is 2. The summed E-state index contributed by atoms with van der Waals surface area (Å²) in [5, 5.41) is 4.63. The largest absolute Gasteiger partial charge is 0.497 e. The fraction of sp³-hybridized carbons (Fsp3) is 0.381. The summed E-state index contributed by atoms with van der Waals surface area (Å²) in [4.78, 5) is 2.52. The molecular formula is C21H25N3O2. The van der Waals surface area contributed by atoms with E-state index < -0.39 is 0 Å². The van der Waals surface area contributed by atoms with E-state index in [1.807, 2.05) is 12.1 Å². The molecule has 1 fully saturated rings. The van der Waals surface area contributed by atoms with Crippen molar-refractivity contribution in [2.45, 2.75) is 19.0 Å². The number of hydrogen-bond donors (Lipinski definition) is 1. The first-order chi connectivity index (χ1) is 12.8. The van der Waals surface area contributed by atoms with E-state index in [1.54, 1.807) is 14.2 Å². The van der Waals surface area contributed by atoms with Crippen molar-refractivity contribution in [2.75, 3.05) is 27.3 Å². The molecule has 1 saturated heterocycles. The monoisotopic (exact) mass is 351 g/mol. The third-order valence-electron chi connectivity index (χ3n) is 5.34. The van der Waals surface area contributed by atoms with Crippen LogP contribution in [0.5, 0.6) is 11.5 Å². The lowest BCUT2D eigenvalue weighted by Crippen LogP contribution is -2.41. The first-order valence-electron chi connectivity index (χ1n) is 9.08. The Hall–Kier alpha value is -2.53. The second kappa shape index (κ2) is 7.38. The number of benzene rings is 2. The van der Waals surface area contributed by atoms with Crippen LogP contribution in [0.3, 0.4) is 0 Å². The van der Waals surface area contributed by atoms with E-state index in [0.29, 0.717) is 5.92 Å². The van der Waals surface area contributed by atoms with Crippen molar-refractivity contribution in [3.05, 3.63) is 59.7 Å². The molecule has 2 unspecified atom stereocenters. The highest BCUT2D eigenvalue weighted by molar-refractivity contribution is 5.90. The molecule has 26 heavy (non-hydrogen) atoms. The molecule has 5 nitrogen and oxygen atoms in total. The van der Waals surface area contributed by atoms with Gasteiger partial charge in [-0.1, -0.05) is 30.3 Å². The van der Waals surface area contributed by atoms with Gasteiger partial charge in [0.1, 0.15) is 11.5 Å². The van der Waals surface area contributed by atoms with Gasteiger partial charge in [-0.05, 0) is 17.7 Å². The Morgan fingerprint density at radius 1 is 1.12 bits per heavy atom. The molecule has 0 aliphatic carbocycles. The molecule has 5 heteroatoms. The fourth-order valence-electron chi connectivity index (χ4n) is 3.96. The second-order valence-electron chi connectivity index (χ2n) is 6.89. The van der Waals surface area contributed by atoms with Gasteiger partial charge >= 0.3 is 0 Å². The Kier molecular flexibility index (Phi) is 4.80. The van der Waals surface area contributed by atoms with E-state index in [-0.39, 0.29) is 6.04 Å². The van der Waals surface area contributed by atoms with Crippen LogP contribution in [0.4, 0.5) is 0 Å². The topological polar surface area (TPSA) is 46.1 Å². The predicted molar refractivity (Wildman–Crippen MR) is 103 cm³/mol. The average Bonchev–Trinajstić information content (AvgIpc) is 3.11. The van der Waals surface area contributed by atoms with E-state index >= 15 is 0 Å². The maximum Gasteiger partial charge on any atom is 0.127 e. The second-order valence-corrected chi connectivity index (χ2v) is 6.89. The molecule has 0 amide bonds. The summed E-state index contributed by atoms with van der Waals surface area (Å²) in [7, 11) is 3.38. The van der Waals surface area contributed by atoms with Crippen LogP contribution in [0.1, 0.15) is 23.6 Å². The Bertz CT molecular complexity index is 791. The van der Waals surface area contributed by atoms with Crippen LogP contribution >= 0.6 is 0 Å². The minimum absolute atomic E-state index is 0.143. The first kappa shape index (κ1) is 16.9. The summed E-state index contributed by atoms with van der Waals surface area (Å²) in [6.45, 7) is 3.04. The molecule has 2 atom stereocenters. The van der Waals surface area contributed by atoms with Crippen LogP contribution < -0.4 is 14.9 Å². The van der Waals surface area contributed by atoms with Gasteiger partial charge in [0.15, 0.2) is 0 Å². The van der Waals surface area contributed by atoms with Gasteiger partial charge in [-0.15, -0.1) is 0 Å². The summed E-state index contributed by atoms with van der Waals surface area (Å²) < 4.78 is 10.9. The quantitative estimate of drug-likeness (QED) is 0.898. The van der Waals surface area contributed by atoms with Crippen LogP contribution in [-0.2, 0) is 6.54 Å². The maximum absolute atomic E-state index is 5.62. The summed E-state index contributed by atoms with van der Waals surface area (Å²) >= 11 is 0. The van der Waals surface area contributed by atoms with E-state index in [4.69, 9.17) is 9.47 Å². The van der Waals surface area contributed by atoms with Crippen molar-refractivity contribution in [3.8, 4) is 11.5 Å². The number of hydrogen-bond acceptors (Lipinski definition) is 5. The van der Waals surface area contributed by atoms with Gasteiger partial charge in [0.05, 0.1) is 20.3 Å². The van der Waals surface area contributed by atoms with E-state index in [2.05, 4.69) is 51.8 Å². The normalized spacial score (nSPS) is 22.3. The molecule has 2 aliphatic rings. The SMILES string of the molecule is COc1ccc(C2NN=C3CCN(Cc4ccccc4)CC32)c(OC)c1. The molecule has 0 aromatic heterocycles. The van der Waals surface area contributed by atoms with E-state index in [0.717, 1.165) is 43.1 Å². The zero-order valence-corrected chi connectivity index (χ0v) is 15.3.